The smallest absolute Gasteiger partial charge is 0.303 e. The van der Waals surface area contributed by atoms with Crippen LogP contribution in [-0.4, -0.2) is 60.0 Å². The van der Waals surface area contributed by atoms with E-state index in [0.717, 1.165) is 38.5 Å². The second-order valence-electron chi connectivity index (χ2n) is 17.2. The fourth-order valence-electron chi connectivity index (χ4n) is 12.1. The van der Waals surface area contributed by atoms with Gasteiger partial charge in [-0.15, -0.1) is 0 Å². The van der Waals surface area contributed by atoms with Crippen LogP contribution in [-0.2, 0) is 38.1 Å². The average molecular weight is 659 g/mol. The number of carbonyl (C=O) groups excluding carboxylic acids is 4. The van der Waals surface area contributed by atoms with Gasteiger partial charge in [-0.2, -0.15) is 0 Å². The summed E-state index contributed by atoms with van der Waals surface area (Å²) in [6, 6.07) is 0. The van der Waals surface area contributed by atoms with Gasteiger partial charge in [0.25, 0.3) is 0 Å². The summed E-state index contributed by atoms with van der Waals surface area (Å²) in [5, 5.41) is 12.2. The molecule has 5 aliphatic rings. The molecule has 5 rings (SSSR count). The highest BCUT2D eigenvalue weighted by atomic mass is 16.6. The zero-order chi connectivity index (χ0) is 35.0. The molecule has 47 heavy (non-hydrogen) atoms. The molecule has 0 heterocycles. The van der Waals surface area contributed by atoms with Gasteiger partial charge < -0.3 is 24.1 Å². The molecule has 0 aliphatic heterocycles. The summed E-state index contributed by atoms with van der Waals surface area (Å²) in [6.45, 7) is 18.7. The van der Waals surface area contributed by atoms with Crippen LogP contribution in [0.3, 0.4) is 0 Å². The lowest BCUT2D eigenvalue weighted by molar-refractivity contribution is -0.269. The molecule has 0 bridgehead atoms. The maximum Gasteiger partial charge on any atom is 0.303 e. The predicted molar refractivity (Wildman–Crippen MR) is 175 cm³/mol. The Morgan fingerprint density at radius 2 is 1.38 bits per heavy atom. The first-order valence-corrected chi connectivity index (χ1v) is 17.7. The van der Waals surface area contributed by atoms with Gasteiger partial charge in [0.05, 0.1) is 11.0 Å². The van der Waals surface area contributed by atoms with Gasteiger partial charge in [-0.25, -0.2) is 0 Å². The molecule has 1 N–H and O–H groups in total. The molecule has 0 aromatic rings. The Hall–Kier alpha value is -2.42. The van der Waals surface area contributed by atoms with E-state index in [1.54, 1.807) is 0 Å². The number of hydrogen-bond acceptors (Lipinski definition) is 9. The lowest BCUT2D eigenvalue weighted by Crippen LogP contribution is -2.71. The molecule has 0 aromatic carbocycles. The minimum absolute atomic E-state index is 0.0391. The van der Waals surface area contributed by atoms with Crippen LogP contribution in [0.25, 0.3) is 0 Å². The van der Waals surface area contributed by atoms with E-state index >= 15 is 0 Å². The van der Waals surface area contributed by atoms with Gasteiger partial charge in [0.1, 0.15) is 19.3 Å². The van der Waals surface area contributed by atoms with Crippen LogP contribution in [0.4, 0.5) is 0 Å². The zero-order valence-corrected chi connectivity index (χ0v) is 30.3. The Morgan fingerprint density at radius 1 is 0.787 bits per heavy atom. The number of carbonyl (C=O) groups is 4. The molecule has 0 radical (unpaired) electrons. The Bertz CT molecular complexity index is 1310. The van der Waals surface area contributed by atoms with Crippen molar-refractivity contribution in [3.8, 4) is 0 Å². The second kappa shape index (κ2) is 11.9. The Labute approximate surface area is 280 Å². The maximum atomic E-state index is 12.6. The van der Waals surface area contributed by atoms with Crippen molar-refractivity contribution in [1.29, 1.82) is 0 Å². The van der Waals surface area contributed by atoms with Crippen molar-refractivity contribution >= 4 is 23.9 Å². The number of aliphatic hydroxyl groups is 1. The number of esters is 4. The monoisotopic (exact) mass is 658 g/mol. The number of ether oxygens (including phenoxy) is 4. The molecular formula is C38H58O9. The van der Waals surface area contributed by atoms with Crippen LogP contribution in [0.2, 0.25) is 0 Å². The molecule has 11 atom stereocenters. The van der Waals surface area contributed by atoms with Gasteiger partial charge >= 0.3 is 23.9 Å². The third kappa shape index (κ3) is 5.45. The number of allylic oxidation sites excluding steroid dienone is 1. The van der Waals surface area contributed by atoms with Gasteiger partial charge in [0, 0.05) is 33.6 Å². The van der Waals surface area contributed by atoms with Crippen molar-refractivity contribution in [2.24, 2.45) is 50.7 Å². The molecule has 264 valence electrons. The average Bonchev–Trinajstić information content (AvgIpc) is 2.94. The van der Waals surface area contributed by atoms with Crippen LogP contribution in [0.15, 0.2) is 11.6 Å². The van der Waals surface area contributed by atoms with Gasteiger partial charge in [-0.1, -0.05) is 46.3 Å². The lowest BCUT2D eigenvalue weighted by Gasteiger charge is -2.72. The summed E-state index contributed by atoms with van der Waals surface area (Å²) in [4.78, 5) is 49.9. The molecule has 0 amide bonds. The predicted octanol–water partition coefficient (Wildman–Crippen LogP) is 6.34. The summed E-state index contributed by atoms with van der Waals surface area (Å²) in [5.41, 5.74) is -1.32. The van der Waals surface area contributed by atoms with Crippen molar-refractivity contribution in [1.82, 2.24) is 0 Å². The summed E-state index contributed by atoms with van der Waals surface area (Å²) in [6.07, 6.45) is 7.64. The third-order valence-electron chi connectivity index (χ3n) is 14.7. The molecule has 3 unspecified atom stereocenters. The van der Waals surface area contributed by atoms with Crippen molar-refractivity contribution in [3.63, 3.8) is 0 Å². The maximum absolute atomic E-state index is 12.6. The van der Waals surface area contributed by atoms with Crippen LogP contribution in [0, 0.1) is 50.7 Å². The summed E-state index contributed by atoms with van der Waals surface area (Å²) in [7, 11) is 0. The Kier molecular flexibility index (Phi) is 9.06. The van der Waals surface area contributed by atoms with Crippen molar-refractivity contribution < 1.29 is 43.2 Å². The normalized spacial score (nSPS) is 45.0. The van der Waals surface area contributed by atoms with E-state index in [2.05, 4.69) is 47.6 Å². The van der Waals surface area contributed by atoms with Crippen molar-refractivity contribution in [3.05, 3.63) is 11.6 Å². The van der Waals surface area contributed by atoms with E-state index in [1.807, 2.05) is 0 Å². The second-order valence-corrected chi connectivity index (χ2v) is 17.2. The summed E-state index contributed by atoms with van der Waals surface area (Å²) >= 11 is 0. The first-order valence-electron chi connectivity index (χ1n) is 17.7. The minimum atomic E-state index is -1.14. The van der Waals surface area contributed by atoms with Gasteiger partial charge in [0.2, 0.25) is 0 Å². The molecule has 5 aliphatic carbocycles. The highest BCUT2D eigenvalue weighted by Gasteiger charge is 2.73. The number of rotatable bonds is 6. The van der Waals surface area contributed by atoms with Crippen LogP contribution >= 0.6 is 0 Å². The van der Waals surface area contributed by atoms with E-state index in [4.69, 9.17) is 18.9 Å². The molecule has 0 aromatic heterocycles. The molecule has 9 heteroatoms. The zero-order valence-electron chi connectivity index (χ0n) is 30.3. The molecule has 4 fully saturated rings. The highest BCUT2D eigenvalue weighted by Crippen LogP contribution is 2.76. The molecule has 0 spiro atoms. The Balaban J connectivity index is 1.68. The number of hydrogen-bond donors (Lipinski definition) is 1. The SMILES string of the molecule is CC(=O)OCC1(COC(C)=O)C2CC[C@]3(C)C(CC=C4C5[C@](C)(CC[C@@H](C)[C@@]5(C)O)CC[C@]43C)[C@@]2(C)C[C@@H](OC(C)=O)[C@@H]1OC(C)=O. The van der Waals surface area contributed by atoms with E-state index < -0.39 is 52.5 Å². The topological polar surface area (TPSA) is 125 Å². The van der Waals surface area contributed by atoms with Crippen molar-refractivity contribution in [2.45, 2.75) is 138 Å². The highest BCUT2D eigenvalue weighted by molar-refractivity contribution is 5.68. The first-order chi connectivity index (χ1) is 21.7. The fraction of sp³-hybridized carbons (Fsp3) is 0.842. The van der Waals surface area contributed by atoms with E-state index in [0.29, 0.717) is 12.8 Å². The molecule has 0 saturated heterocycles. The largest absolute Gasteiger partial charge is 0.465 e. The quantitative estimate of drug-likeness (QED) is 0.198. The molecular weight excluding hydrogens is 600 g/mol. The Morgan fingerprint density at radius 3 is 1.94 bits per heavy atom. The van der Waals surface area contributed by atoms with Crippen LogP contribution in [0.1, 0.15) is 121 Å². The van der Waals surface area contributed by atoms with E-state index in [1.165, 1.54) is 33.3 Å². The lowest BCUT2D eigenvalue weighted by atomic mass is 9.33. The number of fused-ring (bicyclic) bond motifs is 7. The van der Waals surface area contributed by atoms with Gasteiger partial charge in [0.15, 0.2) is 6.10 Å². The van der Waals surface area contributed by atoms with Crippen molar-refractivity contribution in [2.75, 3.05) is 13.2 Å². The standard InChI is InChI=1S/C38H58O9/c1-22-13-15-33(6)17-18-35(8)27(31(33)37(22,10)43)11-12-29-34(7)19-28(46-25(4)41)32(47-26(5)42)38(20-44-23(2)39,21-45-24(3)40)30(34)14-16-36(29,35)9/h11,22,28-32,43H,12-21H2,1-10H3/t22-,28-,29?,30?,31?,32+,33-,34-,35-,36-,37-/m1/s1. The van der Waals surface area contributed by atoms with E-state index in [-0.39, 0.29) is 53.1 Å². The van der Waals surface area contributed by atoms with Gasteiger partial charge in [-0.05, 0) is 97.7 Å². The molecule has 4 saturated carbocycles. The van der Waals surface area contributed by atoms with Crippen LogP contribution < -0.4 is 0 Å². The van der Waals surface area contributed by atoms with Gasteiger partial charge in [-0.3, -0.25) is 19.2 Å². The minimum Gasteiger partial charge on any atom is -0.465 e. The fourth-order valence-corrected chi connectivity index (χ4v) is 12.1. The third-order valence-corrected chi connectivity index (χ3v) is 14.7. The van der Waals surface area contributed by atoms with Crippen LogP contribution in [0.5, 0.6) is 0 Å². The van der Waals surface area contributed by atoms with E-state index in [9.17, 15) is 24.3 Å². The summed E-state index contributed by atoms with van der Waals surface area (Å²) < 4.78 is 23.5. The molecule has 9 nitrogen and oxygen atoms in total. The summed E-state index contributed by atoms with van der Waals surface area (Å²) in [5.74, 6) is -1.84. The first kappa shape index (κ1) is 35.9.